The molecule has 1 aliphatic rings. The number of aromatic amines is 2. The molecule has 0 saturated carbocycles. The lowest BCUT2D eigenvalue weighted by atomic mass is 9.99. The second-order valence-corrected chi connectivity index (χ2v) is 10.5. The van der Waals surface area contributed by atoms with Crippen LogP contribution in [0.15, 0.2) is 64.3 Å². The summed E-state index contributed by atoms with van der Waals surface area (Å²) >= 11 is 0. The van der Waals surface area contributed by atoms with Gasteiger partial charge in [-0.1, -0.05) is 44.2 Å². The highest BCUT2D eigenvalue weighted by Gasteiger charge is 2.39. The minimum atomic E-state index is -1.29. The largest absolute Gasteiger partial charge is 0.480 e. The van der Waals surface area contributed by atoms with E-state index < -0.39 is 47.2 Å². The van der Waals surface area contributed by atoms with Crippen LogP contribution in [-0.4, -0.2) is 61.0 Å². The van der Waals surface area contributed by atoms with Crippen molar-refractivity contribution in [3.05, 3.63) is 81.1 Å². The lowest BCUT2D eigenvalue weighted by molar-refractivity contribution is -0.150. The number of nitrogens with one attached hydrogen (secondary N) is 3. The maximum atomic E-state index is 14.0. The fourth-order valence-electron chi connectivity index (χ4n) is 5.50. The third-order valence-electron chi connectivity index (χ3n) is 7.59. The number of nitrogens with zero attached hydrogens (tertiary/aromatic N) is 2. The summed E-state index contributed by atoms with van der Waals surface area (Å²) in [5.74, 6) is -2.66. The summed E-state index contributed by atoms with van der Waals surface area (Å²) in [4.78, 5) is 73.2. The summed E-state index contributed by atoms with van der Waals surface area (Å²) in [6, 6.07) is 10.7. The van der Waals surface area contributed by atoms with E-state index in [0.29, 0.717) is 23.9 Å². The van der Waals surface area contributed by atoms with Gasteiger partial charge in [0.15, 0.2) is 0 Å². The Kier molecular flexibility index (Phi) is 7.29. The molecule has 2 aromatic carbocycles. The average molecular weight is 546 g/mol. The van der Waals surface area contributed by atoms with Gasteiger partial charge in [0.1, 0.15) is 18.1 Å². The standard InChI is InChI=1S/C29H31N5O6/c1-16(2)24(27(37)33-13-7-12-22(33)28(38)39)32-25(35)23(14-17-15-30-20-10-5-3-8-18(17)20)34-26(36)19-9-4-6-11-21(19)31-29(34)40/h3-6,8-11,15-16,22-24,30H,7,12-14H2,1-2H3,(H,31,40)(H,32,35)(H,38,39). The first-order valence-corrected chi connectivity index (χ1v) is 13.3. The maximum Gasteiger partial charge on any atom is 0.329 e. The van der Waals surface area contributed by atoms with E-state index in [9.17, 15) is 29.1 Å². The third kappa shape index (κ3) is 4.90. The third-order valence-corrected chi connectivity index (χ3v) is 7.59. The van der Waals surface area contributed by atoms with Crippen molar-refractivity contribution < 1.29 is 19.5 Å². The highest BCUT2D eigenvalue weighted by atomic mass is 16.4. The molecule has 0 aliphatic carbocycles. The highest BCUT2D eigenvalue weighted by Crippen LogP contribution is 2.24. The van der Waals surface area contributed by atoms with Crippen LogP contribution in [0.4, 0.5) is 0 Å². The van der Waals surface area contributed by atoms with Crippen LogP contribution in [0.5, 0.6) is 0 Å². The number of likely N-dealkylation sites (tertiary alicyclic amines) is 1. The number of H-pyrrole nitrogens is 2. The number of aromatic nitrogens is 3. The molecule has 11 heteroatoms. The van der Waals surface area contributed by atoms with Crippen molar-refractivity contribution in [3.8, 4) is 0 Å². The lowest BCUT2D eigenvalue weighted by Gasteiger charge is -2.30. The van der Waals surface area contributed by atoms with E-state index in [1.807, 2.05) is 24.3 Å². The molecule has 208 valence electrons. The van der Waals surface area contributed by atoms with Gasteiger partial charge in [0.05, 0.1) is 10.9 Å². The van der Waals surface area contributed by atoms with Crippen LogP contribution >= 0.6 is 0 Å². The number of carboxylic acid groups (broad SMARTS) is 1. The first-order valence-electron chi connectivity index (χ1n) is 13.3. The van der Waals surface area contributed by atoms with E-state index in [1.54, 1.807) is 44.3 Å². The van der Waals surface area contributed by atoms with Crippen molar-refractivity contribution in [2.75, 3.05) is 6.54 Å². The van der Waals surface area contributed by atoms with E-state index in [-0.39, 0.29) is 24.3 Å². The van der Waals surface area contributed by atoms with Crippen molar-refractivity contribution in [3.63, 3.8) is 0 Å². The molecule has 0 bridgehead atoms. The predicted molar refractivity (Wildman–Crippen MR) is 149 cm³/mol. The Labute approximate surface area is 228 Å². The number of hydrogen-bond acceptors (Lipinski definition) is 5. The van der Waals surface area contributed by atoms with Gasteiger partial charge in [0, 0.05) is 30.1 Å². The van der Waals surface area contributed by atoms with Gasteiger partial charge in [-0.05, 0) is 42.5 Å². The van der Waals surface area contributed by atoms with Crippen LogP contribution in [0.2, 0.25) is 0 Å². The fraction of sp³-hybridized carbons (Fsp3) is 0.345. The van der Waals surface area contributed by atoms with Gasteiger partial charge in [-0.2, -0.15) is 0 Å². The van der Waals surface area contributed by atoms with Gasteiger partial charge >= 0.3 is 11.7 Å². The van der Waals surface area contributed by atoms with Crippen molar-refractivity contribution >= 4 is 39.6 Å². The van der Waals surface area contributed by atoms with E-state index in [1.165, 1.54) is 4.90 Å². The number of benzene rings is 2. The molecule has 3 unspecified atom stereocenters. The molecule has 3 atom stereocenters. The van der Waals surface area contributed by atoms with E-state index in [2.05, 4.69) is 15.3 Å². The monoisotopic (exact) mass is 545 g/mol. The zero-order valence-corrected chi connectivity index (χ0v) is 22.2. The summed E-state index contributed by atoms with van der Waals surface area (Å²) in [6.45, 7) is 3.77. The molecular formula is C29H31N5O6. The number of carbonyl (C=O) groups is 3. The van der Waals surface area contributed by atoms with E-state index >= 15 is 0 Å². The van der Waals surface area contributed by atoms with Gasteiger partial charge in [0.2, 0.25) is 11.8 Å². The molecule has 4 aromatic rings. The summed E-state index contributed by atoms with van der Waals surface area (Å²) in [6.07, 6.45) is 2.62. The lowest BCUT2D eigenvalue weighted by Crippen LogP contribution is -2.56. The number of fused-ring (bicyclic) bond motifs is 2. The van der Waals surface area contributed by atoms with Crippen LogP contribution in [0, 0.1) is 5.92 Å². The minimum absolute atomic E-state index is 0.00234. The first kappa shape index (κ1) is 26.9. The molecule has 2 aromatic heterocycles. The van der Waals surface area contributed by atoms with Crippen LogP contribution in [-0.2, 0) is 20.8 Å². The molecule has 1 saturated heterocycles. The van der Waals surface area contributed by atoms with Gasteiger partial charge in [-0.15, -0.1) is 0 Å². The van der Waals surface area contributed by atoms with E-state index in [0.717, 1.165) is 15.5 Å². The van der Waals surface area contributed by atoms with Gasteiger partial charge in [-0.25, -0.2) is 14.2 Å². The Balaban J connectivity index is 1.56. The number of para-hydroxylation sites is 2. The van der Waals surface area contributed by atoms with Gasteiger partial charge in [0.25, 0.3) is 5.56 Å². The van der Waals surface area contributed by atoms with Crippen molar-refractivity contribution in [1.29, 1.82) is 0 Å². The number of carbonyl (C=O) groups excluding carboxylic acids is 2. The normalized spacial score (nSPS) is 16.9. The Bertz CT molecular complexity index is 1720. The molecule has 0 radical (unpaired) electrons. The predicted octanol–water partition coefficient (Wildman–Crippen LogP) is 2.17. The second kappa shape index (κ2) is 10.8. The number of aliphatic carboxylic acids is 1. The molecule has 3 heterocycles. The Morgan fingerprint density at radius 2 is 1.70 bits per heavy atom. The van der Waals surface area contributed by atoms with Crippen LogP contribution in [0.3, 0.4) is 0 Å². The number of amides is 2. The average Bonchev–Trinajstić information content (AvgIpc) is 3.58. The molecule has 1 aliphatic heterocycles. The summed E-state index contributed by atoms with van der Waals surface area (Å²) in [5, 5.41) is 13.4. The van der Waals surface area contributed by atoms with E-state index in [4.69, 9.17) is 0 Å². The zero-order valence-electron chi connectivity index (χ0n) is 22.2. The smallest absolute Gasteiger partial charge is 0.329 e. The molecule has 1 fully saturated rings. The molecule has 11 nitrogen and oxygen atoms in total. The summed E-state index contributed by atoms with van der Waals surface area (Å²) in [7, 11) is 0. The molecular weight excluding hydrogens is 514 g/mol. The summed E-state index contributed by atoms with van der Waals surface area (Å²) in [5.41, 5.74) is 0.524. The zero-order chi connectivity index (χ0) is 28.6. The summed E-state index contributed by atoms with van der Waals surface area (Å²) < 4.78 is 0.900. The Morgan fingerprint density at radius 3 is 2.40 bits per heavy atom. The molecule has 0 spiro atoms. The number of carboxylic acids is 1. The molecule has 40 heavy (non-hydrogen) atoms. The van der Waals surface area contributed by atoms with Crippen LogP contribution < -0.4 is 16.6 Å². The van der Waals surface area contributed by atoms with Crippen LogP contribution in [0.1, 0.15) is 38.3 Å². The molecule has 4 N–H and O–H groups in total. The van der Waals surface area contributed by atoms with Crippen molar-refractivity contribution in [1.82, 2.24) is 24.8 Å². The fourth-order valence-corrected chi connectivity index (χ4v) is 5.50. The Hall–Kier alpha value is -4.67. The van der Waals surface area contributed by atoms with Crippen molar-refractivity contribution in [2.24, 2.45) is 5.92 Å². The minimum Gasteiger partial charge on any atom is -0.480 e. The van der Waals surface area contributed by atoms with Gasteiger partial charge < -0.3 is 25.3 Å². The van der Waals surface area contributed by atoms with Crippen molar-refractivity contribution in [2.45, 2.75) is 51.2 Å². The highest BCUT2D eigenvalue weighted by molar-refractivity contribution is 5.92. The first-order chi connectivity index (χ1) is 19.2. The van der Waals surface area contributed by atoms with Crippen LogP contribution in [0.25, 0.3) is 21.8 Å². The second-order valence-electron chi connectivity index (χ2n) is 10.5. The maximum absolute atomic E-state index is 14.0. The topological polar surface area (TPSA) is 157 Å². The SMILES string of the molecule is CC(C)C(NC(=O)C(Cc1c[nH]c2ccccc12)n1c(=O)[nH]c2ccccc2c1=O)C(=O)N1CCCC1C(=O)O. The Morgan fingerprint density at radius 1 is 1.02 bits per heavy atom. The molecule has 5 rings (SSSR count). The quantitative estimate of drug-likeness (QED) is 0.266. The number of hydrogen-bond donors (Lipinski definition) is 4. The van der Waals surface area contributed by atoms with Gasteiger partial charge in [-0.3, -0.25) is 14.4 Å². The number of rotatable bonds is 8. The molecule has 2 amide bonds.